The lowest BCUT2D eigenvalue weighted by Gasteiger charge is -2.57. The van der Waals surface area contributed by atoms with Gasteiger partial charge < -0.3 is 24.8 Å². The molecule has 9 atom stereocenters. The van der Waals surface area contributed by atoms with E-state index in [0.717, 1.165) is 37.7 Å². The summed E-state index contributed by atoms with van der Waals surface area (Å²) in [5.74, 6) is 1.70. The molecule has 5 unspecified atom stereocenters. The predicted molar refractivity (Wildman–Crippen MR) is 144 cm³/mol. The third kappa shape index (κ3) is 5.33. The van der Waals surface area contributed by atoms with Crippen molar-refractivity contribution in [2.45, 2.75) is 116 Å². The molecule has 0 bridgehead atoms. The Hall–Kier alpha value is -1.21. The number of ether oxygens (including phenoxy) is 2. The number of hydrogen-bond acceptors (Lipinski definition) is 6. The number of aliphatic hydroxyl groups is 3. The first kappa shape index (κ1) is 28.8. The summed E-state index contributed by atoms with van der Waals surface area (Å²) in [6.07, 6.45) is 10.4. The Kier molecular flexibility index (Phi) is 8.36. The zero-order valence-corrected chi connectivity index (χ0v) is 23.8. The van der Waals surface area contributed by atoms with Gasteiger partial charge in [0.15, 0.2) is 0 Å². The van der Waals surface area contributed by atoms with Crippen LogP contribution < -0.4 is 0 Å². The van der Waals surface area contributed by atoms with E-state index in [1.54, 1.807) is 0 Å². The minimum Gasteiger partial charge on any atom is -0.469 e. The van der Waals surface area contributed by atoms with E-state index in [9.17, 15) is 20.1 Å². The van der Waals surface area contributed by atoms with E-state index in [4.69, 9.17) is 9.47 Å². The van der Waals surface area contributed by atoms with Crippen LogP contribution in [-0.4, -0.2) is 58.9 Å². The first-order valence-corrected chi connectivity index (χ1v) is 14.5. The molecule has 210 valence electrons. The summed E-state index contributed by atoms with van der Waals surface area (Å²) in [6, 6.07) is 0. The lowest BCUT2D eigenvalue weighted by molar-refractivity contribution is -0.166. The smallest absolute Gasteiger partial charge is 0.307 e. The topological polar surface area (TPSA) is 96.2 Å². The van der Waals surface area contributed by atoms with Crippen molar-refractivity contribution >= 4 is 5.97 Å². The van der Waals surface area contributed by atoms with Gasteiger partial charge in [0.2, 0.25) is 0 Å². The Balaban J connectivity index is 1.50. The fraction of sp³-hybridized carbons (Fsp3) is 0.839. The van der Waals surface area contributed by atoms with Crippen LogP contribution in [0.25, 0.3) is 0 Å². The second-order valence-corrected chi connectivity index (χ2v) is 13.5. The number of methoxy groups -OCH3 is 1. The van der Waals surface area contributed by atoms with Gasteiger partial charge in [-0.2, -0.15) is 0 Å². The van der Waals surface area contributed by atoms with Crippen LogP contribution in [0.5, 0.6) is 0 Å². The second-order valence-electron chi connectivity index (χ2n) is 13.5. The number of carbonyl (C=O) groups excluding carboxylic acids is 1. The molecule has 0 aromatic heterocycles. The third-order valence-corrected chi connectivity index (χ3v) is 10.8. The zero-order valence-electron chi connectivity index (χ0n) is 23.8. The SMILES string of the molecule is COC(=O)CCOC1C(O)CC2=CC=C3C(CC[C@@]4(C)C3CC[C@@H]4[C@H](C)CCCC(C)(C)O)[C@@]2(C)C1O. The molecule has 4 aliphatic carbocycles. The number of esters is 1. The molecule has 37 heavy (non-hydrogen) atoms. The number of aliphatic hydroxyl groups excluding tert-OH is 2. The molecule has 0 spiro atoms. The Morgan fingerprint density at radius 1 is 1.16 bits per heavy atom. The molecule has 4 aliphatic rings. The van der Waals surface area contributed by atoms with Gasteiger partial charge in [-0.3, -0.25) is 4.79 Å². The fourth-order valence-electron chi connectivity index (χ4n) is 8.67. The third-order valence-electron chi connectivity index (χ3n) is 10.8. The van der Waals surface area contributed by atoms with Gasteiger partial charge in [-0.25, -0.2) is 0 Å². The average molecular weight is 519 g/mol. The molecule has 0 aromatic carbocycles. The normalized spacial score (nSPS) is 40.1. The fourth-order valence-corrected chi connectivity index (χ4v) is 8.67. The molecular formula is C31H50O6. The van der Waals surface area contributed by atoms with E-state index in [0.29, 0.717) is 24.2 Å². The lowest BCUT2D eigenvalue weighted by Crippen LogP contribution is -2.59. The van der Waals surface area contributed by atoms with Gasteiger partial charge in [0.05, 0.1) is 37.9 Å². The molecule has 0 heterocycles. The van der Waals surface area contributed by atoms with Crippen molar-refractivity contribution in [3.05, 3.63) is 23.3 Å². The van der Waals surface area contributed by atoms with Gasteiger partial charge in [0.1, 0.15) is 6.10 Å². The molecule has 6 nitrogen and oxygen atoms in total. The molecule has 6 heteroatoms. The summed E-state index contributed by atoms with van der Waals surface area (Å²) in [7, 11) is 1.35. The van der Waals surface area contributed by atoms with Gasteiger partial charge in [-0.1, -0.05) is 56.9 Å². The van der Waals surface area contributed by atoms with Gasteiger partial charge >= 0.3 is 5.97 Å². The monoisotopic (exact) mass is 518 g/mol. The van der Waals surface area contributed by atoms with E-state index in [1.807, 2.05) is 13.8 Å². The van der Waals surface area contributed by atoms with Gasteiger partial charge in [-0.05, 0) is 81.5 Å². The lowest BCUT2D eigenvalue weighted by atomic mass is 9.49. The van der Waals surface area contributed by atoms with Gasteiger partial charge in [0.25, 0.3) is 0 Å². The molecule has 0 radical (unpaired) electrons. The zero-order chi connectivity index (χ0) is 27.2. The largest absolute Gasteiger partial charge is 0.469 e. The van der Waals surface area contributed by atoms with Crippen LogP contribution in [0.15, 0.2) is 23.3 Å². The highest BCUT2D eigenvalue weighted by molar-refractivity contribution is 5.69. The van der Waals surface area contributed by atoms with Crippen LogP contribution in [-0.2, 0) is 14.3 Å². The van der Waals surface area contributed by atoms with E-state index in [-0.39, 0.29) is 30.3 Å². The van der Waals surface area contributed by atoms with E-state index in [2.05, 4.69) is 32.9 Å². The molecule has 4 rings (SSSR count). The molecular weight excluding hydrogens is 468 g/mol. The quantitative estimate of drug-likeness (QED) is 0.374. The van der Waals surface area contributed by atoms with Crippen LogP contribution in [0.2, 0.25) is 0 Å². The maximum Gasteiger partial charge on any atom is 0.307 e. The van der Waals surface area contributed by atoms with Crippen LogP contribution in [0, 0.1) is 34.5 Å². The van der Waals surface area contributed by atoms with Crippen molar-refractivity contribution in [1.29, 1.82) is 0 Å². The average Bonchev–Trinajstić information content (AvgIpc) is 3.18. The maximum atomic E-state index is 11.7. The highest BCUT2D eigenvalue weighted by Gasteiger charge is 2.60. The number of fused-ring (bicyclic) bond motifs is 5. The van der Waals surface area contributed by atoms with Crippen molar-refractivity contribution in [1.82, 2.24) is 0 Å². The summed E-state index contributed by atoms with van der Waals surface area (Å²) >= 11 is 0. The highest BCUT2D eigenvalue weighted by atomic mass is 16.5. The summed E-state index contributed by atoms with van der Waals surface area (Å²) < 4.78 is 10.6. The number of hydrogen-bond donors (Lipinski definition) is 3. The summed E-state index contributed by atoms with van der Waals surface area (Å²) in [4.78, 5) is 11.6. The summed E-state index contributed by atoms with van der Waals surface area (Å²) in [6.45, 7) is 11.0. The molecule has 0 saturated heterocycles. The van der Waals surface area contributed by atoms with Crippen molar-refractivity contribution in [3.8, 4) is 0 Å². The molecule has 0 amide bonds. The van der Waals surface area contributed by atoms with Crippen molar-refractivity contribution in [2.75, 3.05) is 13.7 Å². The van der Waals surface area contributed by atoms with E-state index in [1.165, 1.54) is 25.5 Å². The first-order valence-electron chi connectivity index (χ1n) is 14.5. The summed E-state index contributed by atoms with van der Waals surface area (Å²) in [5.41, 5.74) is 1.79. The minimum absolute atomic E-state index is 0.107. The number of carbonyl (C=O) groups is 1. The number of allylic oxidation sites excluding steroid dienone is 3. The Bertz CT molecular complexity index is 902. The Morgan fingerprint density at radius 2 is 1.89 bits per heavy atom. The molecule has 0 aliphatic heterocycles. The van der Waals surface area contributed by atoms with Crippen LogP contribution in [0.1, 0.15) is 92.4 Å². The van der Waals surface area contributed by atoms with Gasteiger partial charge in [0, 0.05) is 5.41 Å². The highest BCUT2D eigenvalue weighted by Crippen LogP contribution is 2.66. The van der Waals surface area contributed by atoms with Crippen LogP contribution in [0.3, 0.4) is 0 Å². The minimum atomic E-state index is -0.837. The van der Waals surface area contributed by atoms with Crippen molar-refractivity contribution in [3.63, 3.8) is 0 Å². The Morgan fingerprint density at radius 3 is 2.57 bits per heavy atom. The second kappa shape index (κ2) is 10.7. The molecule has 3 N–H and O–H groups in total. The van der Waals surface area contributed by atoms with E-state index >= 15 is 0 Å². The summed E-state index contributed by atoms with van der Waals surface area (Å²) in [5, 5.41) is 32.7. The van der Waals surface area contributed by atoms with Gasteiger partial charge in [-0.15, -0.1) is 0 Å². The standard InChI is InChI=1S/C31H50O6/c1-19(8-7-15-29(2,3)35)22-11-12-23-21-10-9-20-18-25(32)27(37-17-14-26(33)36-6)28(34)31(20,5)24(21)13-16-30(22,23)4/h9-10,19,22-25,27-28,32,34-35H,7-8,11-18H2,1-6H3/t19-,22-,23?,24?,25?,27?,28?,30-,31+/m1/s1. The van der Waals surface area contributed by atoms with Crippen molar-refractivity contribution in [2.24, 2.45) is 34.5 Å². The molecule has 3 saturated carbocycles. The van der Waals surface area contributed by atoms with Crippen LogP contribution in [0.4, 0.5) is 0 Å². The van der Waals surface area contributed by atoms with E-state index < -0.39 is 29.3 Å². The Labute approximate surface area is 223 Å². The van der Waals surface area contributed by atoms with Crippen molar-refractivity contribution < 1.29 is 29.6 Å². The van der Waals surface area contributed by atoms with Crippen LogP contribution >= 0.6 is 0 Å². The predicted octanol–water partition coefficient (Wildman–Crippen LogP) is 4.95. The number of rotatable bonds is 9. The molecule has 3 fully saturated rings. The molecule has 0 aromatic rings. The maximum absolute atomic E-state index is 11.7. The first-order chi connectivity index (χ1) is 17.3.